The van der Waals surface area contributed by atoms with E-state index in [1.165, 1.54) is 5.56 Å². The summed E-state index contributed by atoms with van der Waals surface area (Å²) in [5.74, 6) is 0.655. The van der Waals surface area contributed by atoms with Crippen molar-refractivity contribution in [3.05, 3.63) is 29.8 Å². The molecule has 1 aromatic carbocycles. The summed E-state index contributed by atoms with van der Waals surface area (Å²) in [7, 11) is 0. The van der Waals surface area contributed by atoms with Crippen LogP contribution in [0.15, 0.2) is 24.3 Å². The molecule has 3 heteroatoms. The van der Waals surface area contributed by atoms with Crippen LogP contribution in [0.5, 0.6) is 0 Å². The van der Waals surface area contributed by atoms with E-state index in [4.69, 9.17) is 0 Å². The van der Waals surface area contributed by atoms with E-state index in [2.05, 4.69) is 36.6 Å². The minimum Gasteiger partial charge on any atom is -0.338 e. The molecule has 0 saturated carbocycles. The molecule has 1 rings (SSSR count). The molecule has 0 aliphatic rings. The number of hydrogen-bond donors (Lipinski definition) is 2. The molecule has 0 spiro atoms. The molecule has 3 nitrogen and oxygen atoms in total. The third-order valence-corrected chi connectivity index (χ3v) is 2.19. The quantitative estimate of drug-likeness (QED) is 0.804. The van der Waals surface area contributed by atoms with Crippen LogP contribution in [0, 0.1) is 5.92 Å². The van der Waals surface area contributed by atoms with Gasteiger partial charge in [0.25, 0.3) is 0 Å². The molecule has 2 N–H and O–H groups in total. The van der Waals surface area contributed by atoms with Crippen LogP contribution in [0.1, 0.15) is 26.3 Å². The molecule has 0 fully saturated rings. The monoisotopic (exact) mass is 220 g/mol. The van der Waals surface area contributed by atoms with Crippen molar-refractivity contribution in [3.8, 4) is 0 Å². The Bertz CT molecular complexity index is 330. The van der Waals surface area contributed by atoms with Gasteiger partial charge in [-0.25, -0.2) is 4.79 Å². The van der Waals surface area contributed by atoms with Crippen LogP contribution in [0.25, 0.3) is 0 Å². The summed E-state index contributed by atoms with van der Waals surface area (Å²) in [5.41, 5.74) is 2.13. The van der Waals surface area contributed by atoms with Crippen LogP contribution < -0.4 is 10.6 Å². The average molecular weight is 220 g/mol. The van der Waals surface area contributed by atoms with Crippen molar-refractivity contribution in [1.29, 1.82) is 0 Å². The Morgan fingerprint density at radius 3 is 2.38 bits per heavy atom. The van der Waals surface area contributed by atoms with Crippen molar-refractivity contribution >= 4 is 11.7 Å². The van der Waals surface area contributed by atoms with Crippen molar-refractivity contribution in [1.82, 2.24) is 5.32 Å². The summed E-state index contributed by atoms with van der Waals surface area (Å²) in [5, 5.41) is 5.46. The predicted molar refractivity (Wildman–Crippen MR) is 67.7 cm³/mol. The zero-order valence-electron chi connectivity index (χ0n) is 10.2. The molecule has 0 saturated heterocycles. The fraction of sp³-hybridized carbons (Fsp3) is 0.462. The van der Waals surface area contributed by atoms with Gasteiger partial charge in [-0.15, -0.1) is 0 Å². The number of urea groups is 1. The highest BCUT2D eigenvalue weighted by atomic mass is 16.2. The van der Waals surface area contributed by atoms with Crippen molar-refractivity contribution in [2.45, 2.75) is 27.2 Å². The third-order valence-electron chi connectivity index (χ3n) is 2.19. The topological polar surface area (TPSA) is 41.1 Å². The minimum atomic E-state index is -0.154. The van der Waals surface area contributed by atoms with Crippen LogP contribution >= 0.6 is 0 Å². The second-order valence-electron chi connectivity index (χ2n) is 4.28. The van der Waals surface area contributed by atoms with Gasteiger partial charge in [0, 0.05) is 12.2 Å². The SMILES string of the molecule is CCNC(=O)Nc1ccc(CC(C)C)cc1. The standard InChI is InChI=1S/C13H20N2O/c1-4-14-13(16)15-12-7-5-11(6-8-12)9-10(2)3/h5-8,10H,4,9H2,1-3H3,(H2,14,15,16). The third kappa shape index (κ3) is 4.34. The Kier molecular flexibility index (Phi) is 4.83. The van der Waals surface area contributed by atoms with Gasteiger partial charge in [-0.2, -0.15) is 0 Å². The number of carbonyl (C=O) groups excluding carboxylic acids is 1. The van der Waals surface area contributed by atoms with Gasteiger partial charge in [0.2, 0.25) is 0 Å². The zero-order chi connectivity index (χ0) is 12.0. The zero-order valence-corrected chi connectivity index (χ0v) is 10.2. The average Bonchev–Trinajstić information content (AvgIpc) is 2.20. The second-order valence-corrected chi connectivity index (χ2v) is 4.28. The van der Waals surface area contributed by atoms with Crippen molar-refractivity contribution in [2.24, 2.45) is 5.92 Å². The fourth-order valence-corrected chi connectivity index (χ4v) is 1.53. The highest BCUT2D eigenvalue weighted by molar-refractivity contribution is 5.89. The molecule has 0 aliphatic heterocycles. The second kappa shape index (κ2) is 6.16. The smallest absolute Gasteiger partial charge is 0.319 e. The maximum absolute atomic E-state index is 11.3. The van der Waals surface area contributed by atoms with Gasteiger partial charge in [-0.3, -0.25) is 0 Å². The maximum Gasteiger partial charge on any atom is 0.319 e. The first-order chi connectivity index (χ1) is 7.61. The first-order valence-corrected chi connectivity index (χ1v) is 5.75. The van der Waals surface area contributed by atoms with Crippen molar-refractivity contribution in [3.63, 3.8) is 0 Å². The first-order valence-electron chi connectivity index (χ1n) is 5.75. The molecule has 0 atom stereocenters. The number of benzene rings is 1. The van der Waals surface area contributed by atoms with E-state index < -0.39 is 0 Å². The summed E-state index contributed by atoms with van der Waals surface area (Å²) in [6.45, 7) is 6.92. The Balaban J connectivity index is 2.54. The lowest BCUT2D eigenvalue weighted by Crippen LogP contribution is -2.28. The highest BCUT2D eigenvalue weighted by Gasteiger charge is 2.00. The van der Waals surface area contributed by atoms with Gasteiger partial charge < -0.3 is 10.6 Å². The Labute approximate surface area is 97.2 Å². The first kappa shape index (κ1) is 12.6. The number of anilines is 1. The molecule has 0 radical (unpaired) electrons. The van der Waals surface area contributed by atoms with Gasteiger partial charge >= 0.3 is 6.03 Å². The molecular formula is C13H20N2O. The Hall–Kier alpha value is -1.51. The van der Waals surface area contributed by atoms with Crippen molar-refractivity contribution < 1.29 is 4.79 Å². The Morgan fingerprint density at radius 2 is 1.88 bits per heavy atom. The van der Waals surface area contributed by atoms with Gasteiger partial charge in [-0.1, -0.05) is 26.0 Å². The summed E-state index contributed by atoms with van der Waals surface area (Å²) < 4.78 is 0. The molecule has 0 aliphatic carbocycles. The number of amides is 2. The van der Waals surface area contributed by atoms with Crippen LogP contribution in [-0.2, 0) is 6.42 Å². The largest absolute Gasteiger partial charge is 0.338 e. The van der Waals surface area contributed by atoms with Gasteiger partial charge in [0.1, 0.15) is 0 Å². The van der Waals surface area contributed by atoms with Crippen LogP contribution in [0.2, 0.25) is 0 Å². The molecule has 2 amide bonds. The van der Waals surface area contributed by atoms with E-state index in [1.54, 1.807) is 0 Å². The predicted octanol–water partition coefficient (Wildman–Crippen LogP) is 3.03. The lowest BCUT2D eigenvalue weighted by Gasteiger charge is -2.08. The van der Waals surface area contributed by atoms with Crippen LogP contribution in [0.3, 0.4) is 0 Å². The van der Waals surface area contributed by atoms with E-state index in [0.29, 0.717) is 12.5 Å². The normalized spacial score (nSPS) is 10.2. The van der Waals surface area contributed by atoms with Crippen LogP contribution in [0.4, 0.5) is 10.5 Å². The molecule has 88 valence electrons. The van der Waals surface area contributed by atoms with Crippen LogP contribution in [-0.4, -0.2) is 12.6 Å². The molecular weight excluding hydrogens is 200 g/mol. The van der Waals surface area contributed by atoms with E-state index in [9.17, 15) is 4.79 Å². The molecule has 0 bridgehead atoms. The van der Waals surface area contributed by atoms with Gasteiger partial charge in [0.05, 0.1) is 0 Å². The molecule has 16 heavy (non-hydrogen) atoms. The molecule has 0 aromatic heterocycles. The summed E-state index contributed by atoms with van der Waals surface area (Å²) in [4.78, 5) is 11.3. The number of hydrogen-bond acceptors (Lipinski definition) is 1. The number of carbonyl (C=O) groups is 1. The van der Waals surface area contributed by atoms with Gasteiger partial charge in [0.15, 0.2) is 0 Å². The lowest BCUT2D eigenvalue weighted by molar-refractivity contribution is 0.252. The van der Waals surface area contributed by atoms with E-state index >= 15 is 0 Å². The molecule has 0 heterocycles. The summed E-state index contributed by atoms with van der Waals surface area (Å²) >= 11 is 0. The number of nitrogens with one attached hydrogen (secondary N) is 2. The highest BCUT2D eigenvalue weighted by Crippen LogP contribution is 2.12. The Morgan fingerprint density at radius 1 is 1.25 bits per heavy atom. The van der Waals surface area contributed by atoms with Crippen molar-refractivity contribution in [2.75, 3.05) is 11.9 Å². The summed E-state index contributed by atoms with van der Waals surface area (Å²) in [6.07, 6.45) is 1.07. The fourth-order valence-electron chi connectivity index (χ4n) is 1.53. The minimum absolute atomic E-state index is 0.154. The van der Waals surface area contributed by atoms with E-state index in [-0.39, 0.29) is 6.03 Å². The lowest BCUT2D eigenvalue weighted by atomic mass is 10.0. The van der Waals surface area contributed by atoms with E-state index in [1.807, 2.05) is 19.1 Å². The maximum atomic E-state index is 11.3. The van der Waals surface area contributed by atoms with E-state index in [0.717, 1.165) is 12.1 Å². The number of rotatable bonds is 4. The van der Waals surface area contributed by atoms with Gasteiger partial charge in [-0.05, 0) is 37.0 Å². The molecule has 0 unspecified atom stereocenters. The molecule has 1 aromatic rings. The summed E-state index contributed by atoms with van der Waals surface area (Å²) in [6, 6.07) is 7.84.